The van der Waals surface area contributed by atoms with E-state index >= 15 is 0 Å². The van der Waals surface area contributed by atoms with E-state index in [4.69, 9.17) is 9.47 Å². The molecular weight excluding hydrogens is 520 g/mol. The van der Waals surface area contributed by atoms with E-state index < -0.39 is 0 Å². The molecule has 0 amide bonds. The Bertz CT molecular complexity index is 1170. The van der Waals surface area contributed by atoms with Crippen molar-refractivity contribution in [2.24, 2.45) is 0 Å². The highest BCUT2D eigenvalue weighted by Gasteiger charge is 2.07. The summed E-state index contributed by atoms with van der Waals surface area (Å²) in [6.45, 7) is 7.79. The lowest BCUT2D eigenvalue weighted by molar-refractivity contribution is -0.131. The zero-order valence-corrected chi connectivity index (χ0v) is 25.2. The minimum Gasteiger partial charge on any atom is -0.383 e. The Labute approximate surface area is 251 Å². The van der Waals surface area contributed by atoms with E-state index in [-0.39, 0.29) is 6.29 Å². The van der Waals surface area contributed by atoms with Crippen LogP contribution in [0.3, 0.4) is 0 Å². The summed E-state index contributed by atoms with van der Waals surface area (Å²) in [4.78, 5) is 0. The number of nitrogens with one attached hydrogen (secondary N) is 4. The van der Waals surface area contributed by atoms with Crippen molar-refractivity contribution in [3.63, 3.8) is 0 Å². The van der Waals surface area contributed by atoms with Gasteiger partial charge in [0.15, 0.2) is 6.29 Å². The lowest BCUT2D eigenvalue weighted by Crippen LogP contribution is -2.19. The second kappa shape index (κ2) is 17.1. The van der Waals surface area contributed by atoms with Gasteiger partial charge in [0.25, 0.3) is 0 Å². The van der Waals surface area contributed by atoms with Gasteiger partial charge in [0, 0.05) is 59.4 Å². The fourth-order valence-electron chi connectivity index (χ4n) is 4.71. The molecule has 0 aliphatic rings. The lowest BCUT2D eigenvalue weighted by Gasteiger charge is -2.18. The van der Waals surface area contributed by atoms with Crippen LogP contribution in [0.4, 0.5) is 34.1 Å². The number of hydrogen-bond acceptors (Lipinski definition) is 6. The molecular formula is C36H46N4O2. The fraction of sp³-hybridized carbons (Fsp3) is 0.333. The summed E-state index contributed by atoms with van der Waals surface area (Å²) < 4.78 is 11.8. The molecule has 4 rings (SSSR count). The molecule has 0 fully saturated rings. The third-order valence-electron chi connectivity index (χ3n) is 6.99. The van der Waals surface area contributed by atoms with Gasteiger partial charge in [-0.2, -0.15) is 0 Å². The van der Waals surface area contributed by atoms with Crippen LogP contribution in [0, 0.1) is 0 Å². The minimum atomic E-state index is -0.189. The average molecular weight is 567 g/mol. The number of ether oxygens (including phenoxy) is 2. The summed E-state index contributed by atoms with van der Waals surface area (Å²) in [5.41, 5.74) is 6.58. The van der Waals surface area contributed by atoms with E-state index in [2.05, 4.69) is 108 Å². The summed E-state index contributed by atoms with van der Waals surface area (Å²) in [6.07, 6.45) is 3.84. The highest BCUT2D eigenvalue weighted by molar-refractivity contribution is 5.63. The van der Waals surface area contributed by atoms with Gasteiger partial charge in [0.05, 0.1) is 0 Å². The molecule has 4 N–H and O–H groups in total. The molecule has 2 unspecified atom stereocenters. The first-order valence-corrected chi connectivity index (χ1v) is 15.1. The lowest BCUT2D eigenvalue weighted by atomic mass is 10.1. The first-order valence-electron chi connectivity index (χ1n) is 15.1. The van der Waals surface area contributed by atoms with Gasteiger partial charge in [-0.3, -0.25) is 0 Å². The molecule has 0 saturated carbocycles. The fourth-order valence-corrected chi connectivity index (χ4v) is 4.71. The molecule has 42 heavy (non-hydrogen) atoms. The van der Waals surface area contributed by atoms with E-state index in [1.807, 2.05) is 43.3 Å². The zero-order valence-electron chi connectivity index (χ0n) is 25.2. The van der Waals surface area contributed by atoms with Crippen LogP contribution in [-0.2, 0) is 9.47 Å². The van der Waals surface area contributed by atoms with E-state index in [0.29, 0.717) is 25.3 Å². The Balaban J connectivity index is 1.02. The third-order valence-corrected chi connectivity index (χ3v) is 6.99. The quantitative estimate of drug-likeness (QED) is 0.0711. The summed E-state index contributed by atoms with van der Waals surface area (Å²) in [5, 5.41) is 14.0. The Morgan fingerprint density at radius 2 is 0.786 bits per heavy atom. The van der Waals surface area contributed by atoms with Crippen molar-refractivity contribution in [1.29, 1.82) is 0 Å². The summed E-state index contributed by atoms with van der Waals surface area (Å²) >= 11 is 0. The van der Waals surface area contributed by atoms with Crippen molar-refractivity contribution in [3.8, 4) is 0 Å². The topological polar surface area (TPSA) is 66.6 Å². The second-order valence-electron chi connectivity index (χ2n) is 10.8. The molecule has 0 saturated heterocycles. The largest absolute Gasteiger partial charge is 0.383 e. The molecule has 6 nitrogen and oxygen atoms in total. The Morgan fingerprint density at radius 3 is 1.17 bits per heavy atom. The highest BCUT2D eigenvalue weighted by atomic mass is 16.7. The molecule has 0 bridgehead atoms. The number of para-hydroxylation sites is 2. The average Bonchev–Trinajstić information content (AvgIpc) is 3.01. The molecule has 0 heterocycles. The first-order chi connectivity index (χ1) is 20.5. The highest BCUT2D eigenvalue weighted by Crippen LogP contribution is 2.21. The van der Waals surface area contributed by atoms with Crippen LogP contribution in [0.25, 0.3) is 0 Å². The molecule has 4 aromatic rings. The van der Waals surface area contributed by atoms with E-state index in [0.717, 1.165) is 59.8 Å². The Hall–Kier alpha value is -4.00. The van der Waals surface area contributed by atoms with Crippen molar-refractivity contribution >= 4 is 34.1 Å². The molecule has 222 valence electrons. The van der Waals surface area contributed by atoms with Crippen LogP contribution in [0.2, 0.25) is 0 Å². The van der Waals surface area contributed by atoms with Gasteiger partial charge in [-0.05, 0) is 119 Å². The molecule has 0 radical (unpaired) electrons. The van der Waals surface area contributed by atoms with Gasteiger partial charge >= 0.3 is 0 Å². The maximum atomic E-state index is 5.89. The molecule has 0 aliphatic carbocycles. The van der Waals surface area contributed by atoms with E-state index in [1.54, 1.807) is 0 Å². The minimum absolute atomic E-state index is 0.189. The van der Waals surface area contributed by atoms with Crippen LogP contribution in [0.15, 0.2) is 109 Å². The van der Waals surface area contributed by atoms with Crippen molar-refractivity contribution in [2.45, 2.75) is 64.8 Å². The predicted molar refractivity (Wildman–Crippen MR) is 178 cm³/mol. The Kier molecular flexibility index (Phi) is 12.6. The number of hydrogen-bond donors (Lipinski definition) is 4. The normalized spacial score (nSPS) is 13.1. The number of rotatable bonds is 18. The monoisotopic (exact) mass is 566 g/mol. The maximum Gasteiger partial charge on any atom is 0.154 e. The smallest absolute Gasteiger partial charge is 0.154 e. The van der Waals surface area contributed by atoms with Gasteiger partial charge < -0.3 is 30.7 Å². The van der Waals surface area contributed by atoms with Crippen LogP contribution in [0.1, 0.15) is 46.5 Å². The molecule has 4 aromatic carbocycles. The predicted octanol–water partition coefficient (Wildman–Crippen LogP) is 9.41. The SMILES string of the molecule is CC(CCCOC(C)OCCCC(C)Nc1ccc(Nc2ccccc2)cc1)Nc1ccc(Nc2ccccc2)cc1. The molecule has 0 spiro atoms. The molecule has 6 heteroatoms. The van der Waals surface area contributed by atoms with Crippen molar-refractivity contribution < 1.29 is 9.47 Å². The maximum absolute atomic E-state index is 5.89. The third kappa shape index (κ3) is 11.5. The standard InChI is InChI=1S/C36H46N4O2/c1-28(37-33-18-22-35(23-19-33)39-31-14-6-4-7-15-31)12-10-26-41-30(3)42-27-11-13-29(2)38-34-20-24-36(25-21-34)40-32-16-8-5-9-17-32/h4-9,14-25,28-30,37-40H,10-13,26-27H2,1-3H3. The zero-order chi connectivity index (χ0) is 29.4. The van der Waals surface area contributed by atoms with Crippen molar-refractivity contribution in [1.82, 2.24) is 0 Å². The van der Waals surface area contributed by atoms with E-state index in [9.17, 15) is 0 Å². The number of benzene rings is 4. The van der Waals surface area contributed by atoms with Crippen LogP contribution < -0.4 is 21.3 Å². The number of anilines is 6. The molecule has 2 atom stereocenters. The van der Waals surface area contributed by atoms with Crippen LogP contribution in [0.5, 0.6) is 0 Å². The van der Waals surface area contributed by atoms with Gasteiger partial charge in [-0.15, -0.1) is 0 Å². The Morgan fingerprint density at radius 1 is 0.452 bits per heavy atom. The molecule has 0 aliphatic heterocycles. The first kappa shape index (κ1) is 30.9. The van der Waals surface area contributed by atoms with Crippen molar-refractivity contribution in [2.75, 3.05) is 34.5 Å². The van der Waals surface area contributed by atoms with Crippen molar-refractivity contribution in [3.05, 3.63) is 109 Å². The van der Waals surface area contributed by atoms with Gasteiger partial charge in [0.1, 0.15) is 0 Å². The summed E-state index contributed by atoms with van der Waals surface area (Å²) in [7, 11) is 0. The van der Waals surface area contributed by atoms with Gasteiger partial charge in [-0.25, -0.2) is 0 Å². The van der Waals surface area contributed by atoms with Gasteiger partial charge in [0.2, 0.25) is 0 Å². The van der Waals surface area contributed by atoms with Gasteiger partial charge in [-0.1, -0.05) is 36.4 Å². The molecule has 0 aromatic heterocycles. The summed E-state index contributed by atoms with van der Waals surface area (Å²) in [6, 6.07) is 38.0. The summed E-state index contributed by atoms with van der Waals surface area (Å²) in [5.74, 6) is 0. The van der Waals surface area contributed by atoms with Crippen LogP contribution in [-0.4, -0.2) is 31.6 Å². The second-order valence-corrected chi connectivity index (χ2v) is 10.8. The van der Waals surface area contributed by atoms with Crippen LogP contribution >= 0.6 is 0 Å². The van der Waals surface area contributed by atoms with E-state index in [1.165, 1.54) is 0 Å².